The van der Waals surface area contributed by atoms with Crippen LogP contribution in [0.4, 0.5) is 0 Å². The van der Waals surface area contributed by atoms with Gasteiger partial charge in [0.05, 0.1) is 0 Å². The minimum Gasteiger partial charge on any atom is -0.370 e. The normalized spacial score (nSPS) is 11.4. The van der Waals surface area contributed by atoms with Crippen LogP contribution in [-0.4, -0.2) is 76.5 Å². The first-order valence-electron chi connectivity index (χ1n) is 7.37. The molecule has 12 nitrogen and oxygen atoms in total. The maximum atomic E-state index is 10.7. The van der Waals surface area contributed by atoms with Gasteiger partial charge in [0.2, 0.25) is 0 Å². The van der Waals surface area contributed by atoms with Gasteiger partial charge >= 0.3 is 125 Å². The van der Waals surface area contributed by atoms with Crippen molar-refractivity contribution in [3.8, 4) is 0 Å². The van der Waals surface area contributed by atoms with Gasteiger partial charge in [0.25, 0.3) is 0 Å². The zero-order valence-corrected chi connectivity index (χ0v) is 21.3. The second-order valence-electron chi connectivity index (χ2n) is 4.80. The van der Waals surface area contributed by atoms with E-state index < -0.39 is 35.8 Å². The molecule has 0 atom stereocenters. The molecule has 0 aliphatic heterocycles. The van der Waals surface area contributed by atoms with Gasteiger partial charge in [0.1, 0.15) is 0 Å². The summed E-state index contributed by atoms with van der Waals surface area (Å²) in [6.07, 6.45) is 0. The van der Waals surface area contributed by atoms with Crippen molar-refractivity contribution in [2.45, 2.75) is 22.7 Å². The molecular formula is C10H30N6O6S4Sn. The van der Waals surface area contributed by atoms with E-state index in [2.05, 4.69) is 22.9 Å². The molecule has 164 valence electrons. The van der Waals surface area contributed by atoms with E-state index >= 15 is 0 Å². The van der Waals surface area contributed by atoms with Gasteiger partial charge in [-0.3, -0.25) is 10.8 Å². The average Bonchev–Trinajstić information content (AvgIpc) is 2.42. The molecule has 17 heteroatoms. The third-order valence-electron chi connectivity index (χ3n) is 2.49. The van der Waals surface area contributed by atoms with E-state index in [1.165, 1.54) is 0 Å². The number of nitrogens with two attached hydrogens (primary N) is 4. The Morgan fingerprint density at radius 1 is 0.815 bits per heavy atom. The van der Waals surface area contributed by atoms with E-state index in [0.29, 0.717) is 11.5 Å². The number of hydrogen-bond acceptors (Lipinski definition) is 8. The van der Waals surface area contributed by atoms with Crippen LogP contribution < -0.4 is 22.9 Å². The molecule has 0 fully saturated rings. The van der Waals surface area contributed by atoms with Crippen LogP contribution in [0.5, 0.6) is 0 Å². The van der Waals surface area contributed by atoms with Crippen molar-refractivity contribution < 1.29 is 25.9 Å². The second kappa shape index (κ2) is 15.7. The average molecular weight is 577 g/mol. The van der Waals surface area contributed by atoms with Crippen molar-refractivity contribution >= 4 is 65.7 Å². The maximum absolute atomic E-state index is 10.7. The molecule has 0 saturated carbocycles. The summed E-state index contributed by atoms with van der Waals surface area (Å²) >= 11 is -2.66. The number of guanidine groups is 2. The molecule has 0 bridgehead atoms. The second-order valence-corrected chi connectivity index (χ2v) is 35.7. The standard InChI is InChI=1S/2C2H6O3S2.2C2H5.2CH5N3.Sn/c2*3-7(4,5)2-1-6;2*1-2;2*2-1(3)4;/h2*6H,1-2H2,(H,3,4,5);2*1H2,2H3;2*(H5,2,3,4);/q;;;;;;+2/p-2. The van der Waals surface area contributed by atoms with Crippen molar-refractivity contribution in [2.24, 2.45) is 22.9 Å². The molecule has 0 rings (SSSR count). The largest absolute Gasteiger partial charge is 0.370 e. The molecule has 0 saturated heterocycles. The summed E-state index contributed by atoms with van der Waals surface area (Å²) in [6.45, 7) is 4.06. The number of hydrogen-bond donors (Lipinski definition) is 8. The van der Waals surface area contributed by atoms with Crippen LogP contribution in [0.1, 0.15) is 13.8 Å². The molecule has 0 aliphatic rings. The Balaban J connectivity index is -0.000000603. The molecule has 0 aromatic carbocycles. The summed E-state index contributed by atoms with van der Waals surface area (Å²) in [6, 6.07) is 0. The third kappa shape index (κ3) is 30.8. The minimum atomic E-state index is -3.94. The molecule has 0 amide bonds. The first kappa shape index (κ1) is 31.6. The Labute approximate surface area is 170 Å². The molecular weight excluding hydrogens is 547 g/mol. The van der Waals surface area contributed by atoms with Gasteiger partial charge in [-0.15, -0.1) is 0 Å². The van der Waals surface area contributed by atoms with E-state index in [4.69, 9.17) is 19.9 Å². The third-order valence-corrected chi connectivity index (χ3v) is 37.5. The fourth-order valence-corrected chi connectivity index (χ4v) is 30.2. The van der Waals surface area contributed by atoms with Crippen LogP contribution >= 0.6 is 17.9 Å². The first-order valence-corrected chi connectivity index (χ1v) is 23.6. The van der Waals surface area contributed by atoms with Gasteiger partial charge in [-0.1, -0.05) is 0 Å². The molecule has 27 heavy (non-hydrogen) atoms. The summed E-state index contributed by atoms with van der Waals surface area (Å²) in [4.78, 5) is 0. The van der Waals surface area contributed by atoms with Crippen molar-refractivity contribution in [3.63, 3.8) is 0 Å². The summed E-state index contributed by atoms with van der Waals surface area (Å²) in [7, 11) is -4.67. The summed E-state index contributed by atoms with van der Waals surface area (Å²) in [5, 5.41) is 12.1. The quantitative estimate of drug-likeness (QED) is 0.0700. The van der Waals surface area contributed by atoms with E-state index in [1.54, 1.807) is 17.9 Å². The molecule has 0 unspecified atom stereocenters. The first-order chi connectivity index (χ1) is 12.0. The van der Waals surface area contributed by atoms with Crippen LogP contribution in [0.25, 0.3) is 0 Å². The Morgan fingerprint density at radius 3 is 1.19 bits per heavy atom. The Hall–Kier alpha value is -0.141. The van der Waals surface area contributed by atoms with E-state index in [9.17, 15) is 16.8 Å². The van der Waals surface area contributed by atoms with Crippen LogP contribution in [0.2, 0.25) is 8.87 Å². The molecule has 0 aliphatic carbocycles. The fourth-order valence-electron chi connectivity index (χ4n) is 1.37. The number of nitrogens with one attached hydrogen (secondary N) is 2. The van der Waals surface area contributed by atoms with Crippen LogP contribution in [-0.2, 0) is 20.2 Å². The van der Waals surface area contributed by atoms with Gasteiger partial charge in [-0.2, -0.15) is 0 Å². The van der Waals surface area contributed by atoms with E-state index in [1.807, 2.05) is 13.8 Å². The topological polar surface area (TPSA) is 261 Å². The predicted octanol–water partition coefficient (Wildman–Crippen LogP) is -0.612. The van der Waals surface area contributed by atoms with Crippen molar-refractivity contribution in [1.29, 1.82) is 10.8 Å². The summed E-state index contributed by atoms with van der Waals surface area (Å²) in [5.41, 5.74) is 17.9. The van der Waals surface area contributed by atoms with Crippen molar-refractivity contribution in [1.82, 2.24) is 0 Å². The SMILES string of the molecule is C[CH2][Sn]([CH2]C)([S]CCS(=O)(=O)O)[S]CCS(=O)(=O)O.N=C(N)N.N=C(N)N. The van der Waals surface area contributed by atoms with Gasteiger partial charge in [-0.25, -0.2) is 0 Å². The molecule has 0 aromatic rings. The zero-order valence-electron chi connectivity index (χ0n) is 15.2. The molecule has 0 aromatic heterocycles. The maximum Gasteiger partial charge on any atom is 0.183 e. The van der Waals surface area contributed by atoms with Crippen LogP contribution in [0.15, 0.2) is 0 Å². The fraction of sp³-hybridized carbons (Fsp3) is 0.800. The van der Waals surface area contributed by atoms with Crippen molar-refractivity contribution in [3.05, 3.63) is 0 Å². The Kier molecular flexibility index (Phi) is 18.4. The molecule has 0 radical (unpaired) electrons. The summed E-state index contributed by atoms with van der Waals surface area (Å²) < 4.78 is 62.0. The van der Waals surface area contributed by atoms with Gasteiger partial charge < -0.3 is 22.9 Å². The summed E-state index contributed by atoms with van der Waals surface area (Å²) in [5.74, 6) is -0.519. The van der Waals surface area contributed by atoms with E-state index in [-0.39, 0.29) is 23.4 Å². The Bertz CT molecular complexity index is 581. The van der Waals surface area contributed by atoms with Gasteiger partial charge in [-0.05, 0) is 0 Å². The van der Waals surface area contributed by atoms with Gasteiger partial charge in [0, 0.05) is 0 Å². The zero-order chi connectivity index (χ0) is 22.3. The van der Waals surface area contributed by atoms with Crippen LogP contribution in [0, 0.1) is 10.8 Å². The van der Waals surface area contributed by atoms with Gasteiger partial charge in [0.15, 0.2) is 11.9 Å². The van der Waals surface area contributed by atoms with Crippen LogP contribution in [0.3, 0.4) is 0 Å². The Morgan fingerprint density at radius 2 is 1.04 bits per heavy atom. The predicted molar refractivity (Wildman–Crippen MR) is 117 cm³/mol. The van der Waals surface area contributed by atoms with Crippen molar-refractivity contribution in [2.75, 3.05) is 23.0 Å². The smallest absolute Gasteiger partial charge is 0.183 e. The number of rotatable bonds is 10. The monoisotopic (exact) mass is 578 g/mol. The molecule has 0 spiro atoms. The minimum absolute atomic E-state index is 0.269. The molecule has 12 N–H and O–H groups in total. The molecule has 0 heterocycles. The van der Waals surface area contributed by atoms with E-state index in [0.717, 1.165) is 8.87 Å².